The second-order valence-corrected chi connectivity index (χ2v) is 9.33. The predicted octanol–water partition coefficient (Wildman–Crippen LogP) is 4.13. The number of amides is 5. The molecular weight excluding hydrogens is 450 g/mol. The molecule has 192 valence electrons. The molecule has 1 aromatic carbocycles. The third kappa shape index (κ3) is 5.94. The lowest BCUT2D eigenvalue weighted by atomic mass is 9.93. The number of carbonyl (C=O) groups is 4. The molecule has 2 aliphatic rings. The Bertz CT molecular complexity index is 941. The first-order chi connectivity index (χ1) is 16.8. The summed E-state index contributed by atoms with van der Waals surface area (Å²) in [4.78, 5) is 55.3. The van der Waals surface area contributed by atoms with Crippen LogP contribution in [0, 0.1) is 0 Å². The second kappa shape index (κ2) is 12.0. The van der Waals surface area contributed by atoms with Crippen molar-refractivity contribution < 1.29 is 28.7 Å². The van der Waals surface area contributed by atoms with Crippen molar-refractivity contribution in [1.29, 1.82) is 0 Å². The van der Waals surface area contributed by atoms with E-state index < -0.39 is 24.4 Å². The van der Waals surface area contributed by atoms with Crippen molar-refractivity contribution in [2.75, 3.05) is 24.7 Å². The monoisotopic (exact) mass is 487 g/mol. The van der Waals surface area contributed by atoms with E-state index in [0.717, 1.165) is 54.7 Å². The molecular formula is C26H37N3O6. The van der Waals surface area contributed by atoms with E-state index in [4.69, 9.17) is 9.47 Å². The summed E-state index contributed by atoms with van der Waals surface area (Å²) in [6, 6.07) is 3.88. The zero-order valence-corrected chi connectivity index (χ0v) is 21.2. The first-order valence-electron chi connectivity index (χ1n) is 12.7. The number of hydrogen-bond donors (Lipinski definition) is 0. The van der Waals surface area contributed by atoms with Crippen LogP contribution in [0.1, 0.15) is 72.6 Å². The number of urea groups is 1. The maximum absolute atomic E-state index is 13.2. The van der Waals surface area contributed by atoms with Crippen LogP contribution in [-0.2, 0) is 14.4 Å². The first-order valence-corrected chi connectivity index (χ1v) is 12.7. The molecule has 5 amide bonds. The van der Waals surface area contributed by atoms with Gasteiger partial charge in [0.05, 0.1) is 18.9 Å². The molecule has 0 N–H and O–H groups in total. The fourth-order valence-corrected chi connectivity index (χ4v) is 4.65. The molecule has 35 heavy (non-hydrogen) atoms. The molecule has 0 bridgehead atoms. The molecule has 0 aromatic heterocycles. The summed E-state index contributed by atoms with van der Waals surface area (Å²) in [6.07, 6.45) is 6.64. The molecule has 9 nitrogen and oxygen atoms in total. The lowest BCUT2D eigenvalue weighted by Crippen LogP contribution is -2.50. The fourth-order valence-electron chi connectivity index (χ4n) is 4.65. The highest BCUT2D eigenvalue weighted by molar-refractivity contribution is 6.53. The van der Waals surface area contributed by atoms with Crippen molar-refractivity contribution in [2.45, 2.75) is 84.7 Å². The van der Waals surface area contributed by atoms with Gasteiger partial charge in [-0.1, -0.05) is 33.1 Å². The van der Waals surface area contributed by atoms with Crippen LogP contribution in [-0.4, -0.2) is 65.4 Å². The van der Waals surface area contributed by atoms with Gasteiger partial charge >= 0.3 is 17.8 Å². The third-order valence-corrected chi connectivity index (χ3v) is 6.27. The molecule has 9 heteroatoms. The van der Waals surface area contributed by atoms with E-state index in [1.54, 1.807) is 17.0 Å². The van der Waals surface area contributed by atoms with Crippen LogP contribution >= 0.6 is 0 Å². The van der Waals surface area contributed by atoms with Gasteiger partial charge in [-0.3, -0.25) is 14.4 Å². The minimum atomic E-state index is -1.00. The summed E-state index contributed by atoms with van der Waals surface area (Å²) in [5, 5.41) is 0. The zero-order valence-electron chi connectivity index (χ0n) is 21.2. The minimum absolute atomic E-state index is 0.0702. The largest absolute Gasteiger partial charge is 0.490 e. The molecule has 1 aliphatic carbocycles. The minimum Gasteiger partial charge on any atom is -0.490 e. The molecule has 1 heterocycles. The van der Waals surface area contributed by atoms with E-state index in [0.29, 0.717) is 24.7 Å². The summed E-state index contributed by atoms with van der Waals surface area (Å²) < 4.78 is 11.5. The normalized spacial score (nSPS) is 16.9. The van der Waals surface area contributed by atoms with Gasteiger partial charge in [0.15, 0.2) is 11.5 Å². The molecule has 2 fully saturated rings. The van der Waals surface area contributed by atoms with Gasteiger partial charge in [0, 0.05) is 18.2 Å². The van der Waals surface area contributed by atoms with Crippen LogP contribution in [0.3, 0.4) is 0 Å². The summed E-state index contributed by atoms with van der Waals surface area (Å²) in [7, 11) is 0. The predicted molar refractivity (Wildman–Crippen MR) is 131 cm³/mol. The Hall–Kier alpha value is -3.10. The van der Waals surface area contributed by atoms with E-state index in [9.17, 15) is 19.2 Å². The Balaban J connectivity index is 1.81. The molecule has 0 unspecified atom stereocenters. The highest BCUT2D eigenvalue weighted by Gasteiger charge is 2.47. The number of anilines is 1. The van der Waals surface area contributed by atoms with Crippen LogP contribution in [0.25, 0.3) is 0 Å². The molecule has 3 rings (SSSR count). The number of ether oxygens (including phenoxy) is 2. The second-order valence-electron chi connectivity index (χ2n) is 9.33. The Kier molecular flexibility index (Phi) is 9.12. The SMILES string of the molecule is CCCOc1ccc(N2C(=O)C(=O)N(CC(=O)N(C(C)C)C3CCCCC3)C2=O)cc1OCCC. The number of nitrogens with zero attached hydrogens (tertiary/aromatic N) is 3. The van der Waals surface area contributed by atoms with Crippen molar-refractivity contribution in [1.82, 2.24) is 9.80 Å². The Morgan fingerprint density at radius 1 is 0.971 bits per heavy atom. The van der Waals surface area contributed by atoms with Gasteiger partial charge in [-0.2, -0.15) is 0 Å². The fraction of sp³-hybridized carbons (Fsp3) is 0.615. The highest BCUT2D eigenvalue weighted by Crippen LogP contribution is 2.34. The van der Waals surface area contributed by atoms with E-state index in [1.165, 1.54) is 6.07 Å². The van der Waals surface area contributed by atoms with Crippen LogP contribution in [0.4, 0.5) is 10.5 Å². The average molecular weight is 488 g/mol. The summed E-state index contributed by atoms with van der Waals surface area (Å²) in [6.45, 7) is 8.27. The quantitative estimate of drug-likeness (QED) is 0.344. The van der Waals surface area contributed by atoms with Gasteiger partial charge < -0.3 is 14.4 Å². The van der Waals surface area contributed by atoms with Gasteiger partial charge in [0.25, 0.3) is 0 Å². The molecule has 1 aliphatic heterocycles. The van der Waals surface area contributed by atoms with Crippen LogP contribution in [0.15, 0.2) is 18.2 Å². The number of hydrogen-bond acceptors (Lipinski definition) is 6. The first kappa shape index (κ1) is 26.5. The van der Waals surface area contributed by atoms with Gasteiger partial charge in [-0.25, -0.2) is 14.6 Å². The molecule has 1 saturated heterocycles. The van der Waals surface area contributed by atoms with Gasteiger partial charge in [0.2, 0.25) is 5.91 Å². The number of benzene rings is 1. The van der Waals surface area contributed by atoms with E-state index in [2.05, 4.69) is 0 Å². The van der Waals surface area contributed by atoms with Crippen molar-refractivity contribution >= 4 is 29.4 Å². The molecule has 1 aromatic rings. The summed E-state index contributed by atoms with van der Waals surface area (Å²) >= 11 is 0. The topological polar surface area (TPSA) is 96.5 Å². The Morgan fingerprint density at radius 3 is 2.20 bits per heavy atom. The lowest BCUT2D eigenvalue weighted by Gasteiger charge is -2.38. The van der Waals surface area contributed by atoms with Crippen molar-refractivity contribution in [2.24, 2.45) is 0 Å². The molecule has 0 spiro atoms. The van der Waals surface area contributed by atoms with E-state index >= 15 is 0 Å². The average Bonchev–Trinajstić information content (AvgIpc) is 3.05. The lowest BCUT2D eigenvalue weighted by molar-refractivity contribution is -0.144. The molecule has 0 radical (unpaired) electrons. The number of carbonyl (C=O) groups excluding carboxylic acids is 4. The number of rotatable bonds is 11. The van der Waals surface area contributed by atoms with E-state index in [1.807, 2.05) is 27.7 Å². The zero-order chi connectivity index (χ0) is 25.5. The molecule has 0 atom stereocenters. The maximum atomic E-state index is 13.2. The van der Waals surface area contributed by atoms with Crippen molar-refractivity contribution in [3.05, 3.63) is 18.2 Å². The number of imide groups is 2. The highest BCUT2D eigenvalue weighted by atomic mass is 16.5. The van der Waals surface area contributed by atoms with E-state index in [-0.39, 0.29) is 23.7 Å². The maximum Gasteiger partial charge on any atom is 0.339 e. The van der Waals surface area contributed by atoms with Gasteiger partial charge in [-0.05, 0) is 51.7 Å². The van der Waals surface area contributed by atoms with Crippen molar-refractivity contribution in [3.63, 3.8) is 0 Å². The van der Waals surface area contributed by atoms with Gasteiger partial charge in [-0.15, -0.1) is 0 Å². The standard InChI is InChI=1S/C26H37N3O6/c1-5-14-34-21-13-12-20(16-22(21)35-15-6-2)29-25(32)24(31)27(26(29)33)17-23(30)28(18(3)4)19-10-8-7-9-11-19/h12-13,16,18-19H,5-11,14-15,17H2,1-4H3. The smallest absolute Gasteiger partial charge is 0.339 e. The van der Waals surface area contributed by atoms with Crippen LogP contribution < -0.4 is 14.4 Å². The van der Waals surface area contributed by atoms with Crippen LogP contribution in [0.2, 0.25) is 0 Å². The van der Waals surface area contributed by atoms with Crippen molar-refractivity contribution in [3.8, 4) is 11.5 Å². The summed E-state index contributed by atoms with van der Waals surface area (Å²) in [5.41, 5.74) is 0.200. The summed E-state index contributed by atoms with van der Waals surface area (Å²) in [5.74, 6) is -1.41. The van der Waals surface area contributed by atoms with Crippen LogP contribution in [0.5, 0.6) is 11.5 Å². The van der Waals surface area contributed by atoms with Gasteiger partial charge in [0.1, 0.15) is 6.54 Å². The third-order valence-electron chi connectivity index (χ3n) is 6.27. The Morgan fingerprint density at radius 2 is 1.60 bits per heavy atom. The molecule has 1 saturated carbocycles. The Labute approximate surface area is 207 Å².